The van der Waals surface area contributed by atoms with Crippen molar-refractivity contribution in [1.82, 2.24) is 30.2 Å². The fourth-order valence-corrected chi connectivity index (χ4v) is 2.56. The van der Waals surface area contributed by atoms with E-state index in [9.17, 15) is 9.59 Å². The number of fused-ring (bicyclic) bond motifs is 1. The lowest BCUT2D eigenvalue weighted by atomic mass is 10.2. The highest BCUT2D eigenvalue weighted by atomic mass is 32.2. The Labute approximate surface area is 147 Å². The smallest absolute Gasteiger partial charge is 0.326 e. The molecule has 2 aromatic heterocycles. The molecule has 1 saturated heterocycles. The van der Waals surface area contributed by atoms with Gasteiger partial charge < -0.3 is 15.4 Å². The molecular weight excluding hydrogens is 346 g/mol. The Morgan fingerprint density at radius 3 is 2.88 bits per heavy atom. The molecule has 0 aliphatic carbocycles. The molecule has 132 valence electrons. The van der Waals surface area contributed by atoms with Crippen molar-refractivity contribution in [2.75, 3.05) is 31.3 Å². The van der Waals surface area contributed by atoms with Crippen molar-refractivity contribution in [2.45, 2.75) is 12.1 Å². The Morgan fingerprint density at radius 2 is 2.20 bits per heavy atom. The van der Waals surface area contributed by atoms with E-state index in [1.54, 1.807) is 10.7 Å². The number of thioether (sulfide) groups is 1. The minimum Gasteiger partial charge on any atom is -0.380 e. The van der Waals surface area contributed by atoms with Gasteiger partial charge in [0.1, 0.15) is 5.70 Å². The van der Waals surface area contributed by atoms with Gasteiger partial charge in [-0.1, -0.05) is 11.8 Å². The number of nitrogens with zero attached hydrogens (tertiary/aromatic N) is 4. The summed E-state index contributed by atoms with van der Waals surface area (Å²) < 4.78 is 6.85. The van der Waals surface area contributed by atoms with Crippen LogP contribution in [0.3, 0.4) is 0 Å². The third-order valence-electron chi connectivity index (χ3n) is 3.31. The number of anilines is 1. The number of urea groups is 1. The van der Waals surface area contributed by atoms with E-state index in [1.165, 1.54) is 17.8 Å². The fraction of sp³-hybridized carbons (Fsp3) is 0.357. The molecule has 0 spiro atoms. The maximum atomic E-state index is 11.7. The summed E-state index contributed by atoms with van der Waals surface area (Å²) in [6.07, 6.45) is 4.96. The zero-order valence-corrected chi connectivity index (χ0v) is 14.5. The molecule has 0 aromatic carbocycles. The zero-order valence-electron chi connectivity index (χ0n) is 13.7. The molecule has 0 atom stereocenters. The first-order valence-electron chi connectivity index (χ1n) is 7.57. The van der Waals surface area contributed by atoms with Crippen LogP contribution in [0, 0.1) is 0 Å². The Kier molecular flexibility index (Phi) is 5.14. The number of imide groups is 1. The van der Waals surface area contributed by atoms with Gasteiger partial charge in [-0.2, -0.15) is 14.6 Å². The molecule has 1 fully saturated rings. The second kappa shape index (κ2) is 7.49. The highest BCUT2D eigenvalue weighted by Gasteiger charge is 2.23. The number of amides is 3. The molecule has 1 aliphatic rings. The number of carbonyl (C=O) groups is 2. The summed E-state index contributed by atoms with van der Waals surface area (Å²) in [4.78, 5) is 31.8. The third kappa shape index (κ3) is 3.72. The van der Waals surface area contributed by atoms with Gasteiger partial charge in [-0.25, -0.2) is 9.78 Å². The number of aromatic nitrogens is 4. The van der Waals surface area contributed by atoms with Crippen LogP contribution in [0.1, 0.15) is 12.5 Å². The van der Waals surface area contributed by atoms with E-state index < -0.39 is 11.9 Å². The molecule has 3 rings (SSSR count). The van der Waals surface area contributed by atoms with Gasteiger partial charge in [-0.05, 0) is 19.3 Å². The van der Waals surface area contributed by atoms with Crippen LogP contribution in [0.2, 0.25) is 0 Å². The summed E-state index contributed by atoms with van der Waals surface area (Å²) in [5.41, 5.74) is 1.27. The molecule has 1 aliphatic heterocycles. The lowest BCUT2D eigenvalue weighted by Crippen LogP contribution is -2.22. The molecule has 0 bridgehead atoms. The molecular formula is C14H17N7O3S. The van der Waals surface area contributed by atoms with Crippen LogP contribution in [0.15, 0.2) is 17.1 Å². The first kappa shape index (κ1) is 17.2. The van der Waals surface area contributed by atoms with Gasteiger partial charge in [0.2, 0.25) is 5.95 Å². The molecule has 3 heterocycles. The summed E-state index contributed by atoms with van der Waals surface area (Å²) >= 11 is 1.39. The average Bonchev–Trinajstić information content (AvgIpc) is 3.14. The molecule has 3 N–H and O–H groups in total. The van der Waals surface area contributed by atoms with E-state index in [2.05, 4.69) is 31.0 Å². The largest absolute Gasteiger partial charge is 0.380 e. The Morgan fingerprint density at radius 1 is 1.36 bits per heavy atom. The Hall–Kier alpha value is -2.66. The summed E-state index contributed by atoms with van der Waals surface area (Å²) in [6.45, 7) is 3.69. The van der Waals surface area contributed by atoms with Crippen LogP contribution in [-0.4, -0.2) is 57.5 Å². The molecule has 3 amide bonds. The normalized spacial score (nSPS) is 15.7. The number of hydrogen-bond donors (Lipinski definition) is 3. The van der Waals surface area contributed by atoms with Crippen molar-refractivity contribution in [3.05, 3.63) is 17.5 Å². The molecule has 0 saturated carbocycles. The van der Waals surface area contributed by atoms with Crippen LogP contribution in [-0.2, 0) is 9.53 Å². The van der Waals surface area contributed by atoms with Crippen molar-refractivity contribution >= 4 is 41.4 Å². The van der Waals surface area contributed by atoms with Gasteiger partial charge in [0.25, 0.3) is 5.91 Å². The van der Waals surface area contributed by atoms with Crippen LogP contribution in [0.5, 0.6) is 0 Å². The second-order valence-corrected chi connectivity index (χ2v) is 5.73. The Balaban J connectivity index is 1.95. The zero-order chi connectivity index (χ0) is 17.8. The van der Waals surface area contributed by atoms with E-state index >= 15 is 0 Å². The van der Waals surface area contributed by atoms with E-state index in [4.69, 9.17) is 4.74 Å². The quantitative estimate of drug-likeness (QED) is 0.281. The van der Waals surface area contributed by atoms with E-state index in [1.807, 2.05) is 13.2 Å². The minimum absolute atomic E-state index is 0.148. The van der Waals surface area contributed by atoms with Gasteiger partial charge >= 0.3 is 6.03 Å². The van der Waals surface area contributed by atoms with Gasteiger partial charge in [0.15, 0.2) is 10.8 Å². The summed E-state index contributed by atoms with van der Waals surface area (Å²) in [5, 5.41) is 12.6. The molecule has 10 nitrogen and oxygen atoms in total. The monoisotopic (exact) mass is 363 g/mol. The van der Waals surface area contributed by atoms with Crippen LogP contribution in [0.25, 0.3) is 11.7 Å². The Bertz CT molecular complexity index is 848. The first-order valence-corrected chi connectivity index (χ1v) is 8.80. The third-order valence-corrected chi connectivity index (χ3v) is 3.86. The van der Waals surface area contributed by atoms with Crippen molar-refractivity contribution < 1.29 is 14.3 Å². The first-order chi connectivity index (χ1) is 12.1. The second-order valence-electron chi connectivity index (χ2n) is 4.96. The molecule has 25 heavy (non-hydrogen) atoms. The lowest BCUT2D eigenvalue weighted by molar-refractivity contribution is -0.115. The maximum absolute atomic E-state index is 11.7. The van der Waals surface area contributed by atoms with Gasteiger partial charge in [-0.3, -0.25) is 10.1 Å². The molecule has 2 aromatic rings. The molecule has 0 radical (unpaired) electrons. The predicted molar refractivity (Wildman–Crippen MR) is 92.2 cm³/mol. The van der Waals surface area contributed by atoms with Gasteiger partial charge in [0, 0.05) is 18.7 Å². The van der Waals surface area contributed by atoms with Crippen molar-refractivity contribution in [2.24, 2.45) is 0 Å². The van der Waals surface area contributed by atoms with Gasteiger partial charge in [0.05, 0.1) is 12.8 Å². The number of rotatable bonds is 7. The highest BCUT2D eigenvalue weighted by Crippen LogP contribution is 2.19. The molecule has 11 heteroatoms. The summed E-state index contributed by atoms with van der Waals surface area (Å²) in [6, 6.07) is -0.551. The average molecular weight is 363 g/mol. The number of hydrogen-bond acceptors (Lipinski definition) is 8. The van der Waals surface area contributed by atoms with Crippen LogP contribution >= 0.6 is 11.8 Å². The fourth-order valence-electron chi connectivity index (χ4n) is 2.20. The SMILES string of the molecule is CCOCCNc1nc(SC)nc2c(/C=C3\NC(=O)NC3=O)cnn12. The van der Waals surface area contributed by atoms with Crippen LogP contribution < -0.4 is 16.0 Å². The molecule has 0 unspecified atom stereocenters. The standard InChI is InChI=1S/C14H17N7O3S/c1-3-24-5-4-15-12-20-14(25-2)18-10-8(7-16-21(10)12)6-9-11(22)19-13(23)17-9/h6-7H,3-5H2,1-2H3,(H,15,18,20)(H2,17,19,22,23)/b9-6-. The van der Waals surface area contributed by atoms with Crippen LogP contribution in [0.4, 0.5) is 10.7 Å². The predicted octanol–water partition coefficient (Wildman–Crippen LogP) is 0.475. The summed E-state index contributed by atoms with van der Waals surface area (Å²) in [7, 11) is 0. The maximum Gasteiger partial charge on any atom is 0.326 e. The number of nitrogens with one attached hydrogen (secondary N) is 3. The van der Waals surface area contributed by atoms with Crippen molar-refractivity contribution in [3.8, 4) is 0 Å². The topological polar surface area (TPSA) is 123 Å². The highest BCUT2D eigenvalue weighted by molar-refractivity contribution is 7.98. The minimum atomic E-state index is -0.551. The van der Waals surface area contributed by atoms with Crippen molar-refractivity contribution in [1.29, 1.82) is 0 Å². The lowest BCUT2D eigenvalue weighted by Gasteiger charge is -2.08. The van der Waals surface area contributed by atoms with E-state index in [-0.39, 0.29) is 5.70 Å². The summed E-state index contributed by atoms with van der Waals surface area (Å²) in [5.74, 6) is 0.0390. The number of carbonyl (C=O) groups excluding carboxylic acids is 2. The van der Waals surface area contributed by atoms with Gasteiger partial charge in [-0.15, -0.1) is 0 Å². The van der Waals surface area contributed by atoms with E-state index in [0.717, 1.165) is 0 Å². The van der Waals surface area contributed by atoms with E-state index in [0.29, 0.717) is 42.1 Å². The number of ether oxygens (including phenoxy) is 1. The van der Waals surface area contributed by atoms with Crippen molar-refractivity contribution in [3.63, 3.8) is 0 Å².